The topological polar surface area (TPSA) is 60.4 Å². The van der Waals surface area contributed by atoms with E-state index in [2.05, 4.69) is 4.74 Å². The average molecular weight is 294 g/mol. The molecule has 2 rings (SSSR count). The van der Waals surface area contributed by atoms with Gasteiger partial charge in [0.1, 0.15) is 0 Å². The van der Waals surface area contributed by atoms with Crippen LogP contribution < -0.4 is 0 Å². The molecule has 0 N–H and O–H groups in total. The molecule has 2 aromatic carbocycles. The minimum atomic E-state index is -4.64. The number of hydrogen-bond acceptors (Lipinski definition) is 4. The Bertz CT molecular complexity index is 794. The Morgan fingerprint density at radius 2 is 1.80 bits per heavy atom. The van der Waals surface area contributed by atoms with Crippen LogP contribution in [0.1, 0.15) is 15.9 Å². The molecule has 0 heterocycles. The molecule has 6 heteroatoms. The van der Waals surface area contributed by atoms with Crippen LogP contribution in [0, 0.1) is 0 Å². The third-order valence-corrected chi connectivity index (χ3v) is 3.17. The van der Waals surface area contributed by atoms with E-state index in [1.165, 1.54) is 13.2 Å². The first kappa shape index (κ1) is 14.2. The number of ether oxygens (including phenoxy) is 1. The zero-order valence-corrected chi connectivity index (χ0v) is 11.4. The minimum absolute atomic E-state index is 0.426. The zero-order valence-electron chi connectivity index (χ0n) is 10.5. The van der Waals surface area contributed by atoms with Crippen molar-refractivity contribution in [2.75, 3.05) is 7.11 Å². The van der Waals surface area contributed by atoms with Gasteiger partial charge in [-0.1, -0.05) is 18.2 Å². The molecule has 0 unspecified atom stereocenters. The standard InChI is InChI=1S/C14H11FO4S/c1-19-14(16)13-5-4-11-8-10(2-3-12(11)9-13)6-7-20(15,17)18/h2-9H,1H3/b7-6+. The number of benzene rings is 2. The molecule has 0 aliphatic carbocycles. The first-order valence-corrected chi connectivity index (χ1v) is 7.08. The van der Waals surface area contributed by atoms with E-state index in [0.29, 0.717) is 16.5 Å². The molecule has 0 saturated carbocycles. The Morgan fingerprint density at radius 1 is 1.15 bits per heavy atom. The van der Waals surface area contributed by atoms with Crippen LogP contribution in [0.2, 0.25) is 0 Å². The number of fused-ring (bicyclic) bond motifs is 1. The van der Waals surface area contributed by atoms with E-state index in [4.69, 9.17) is 0 Å². The number of hydrogen-bond donors (Lipinski definition) is 0. The molecule has 0 spiro atoms. The molecule has 0 radical (unpaired) electrons. The van der Waals surface area contributed by atoms with Gasteiger partial charge in [-0.2, -0.15) is 8.42 Å². The second-order valence-electron chi connectivity index (χ2n) is 4.09. The molecular formula is C14H11FO4S. The van der Waals surface area contributed by atoms with Gasteiger partial charge in [0.2, 0.25) is 0 Å². The van der Waals surface area contributed by atoms with E-state index in [-0.39, 0.29) is 0 Å². The second-order valence-corrected chi connectivity index (χ2v) is 5.31. The highest BCUT2D eigenvalue weighted by Gasteiger charge is 2.06. The summed E-state index contributed by atoms with van der Waals surface area (Å²) in [6, 6.07) is 10.0. The van der Waals surface area contributed by atoms with E-state index < -0.39 is 16.2 Å². The van der Waals surface area contributed by atoms with Crippen LogP contribution in [-0.2, 0) is 15.0 Å². The number of carbonyl (C=O) groups is 1. The SMILES string of the molecule is COC(=O)c1ccc2cc(/C=C/S(=O)(=O)F)ccc2c1. The molecule has 104 valence electrons. The molecule has 4 nitrogen and oxygen atoms in total. The minimum Gasteiger partial charge on any atom is -0.465 e. The fourth-order valence-corrected chi connectivity index (χ4v) is 2.09. The van der Waals surface area contributed by atoms with Crippen LogP contribution in [0.15, 0.2) is 41.8 Å². The van der Waals surface area contributed by atoms with E-state index in [1.54, 1.807) is 36.4 Å². The first-order chi connectivity index (χ1) is 9.39. The second kappa shape index (κ2) is 5.42. The largest absolute Gasteiger partial charge is 0.465 e. The molecule has 0 aliphatic heterocycles. The lowest BCUT2D eigenvalue weighted by Crippen LogP contribution is -2.00. The van der Waals surface area contributed by atoms with Crippen molar-refractivity contribution in [2.24, 2.45) is 0 Å². The monoisotopic (exact) mass is 294 g/mol. The van der Waals surface area contributed by atoms with Gasteiger partial charge in [-0.3, -0.25) is 0 Å². The lowest BCUT2D eigenvalue weighted by molar-refractivity contribution is 0.0601. The van der Waals surface area contributed by atoms with Crippen LogP contribution in [0.25, 0.3) is 16.8 Å². The number of esters is 1. The predicted octanol–water partition coefficient (Wildman–Crippen LogP) is 2.90. The van der Waals surface area contributed by atoms with Crippen LogP contribution in [0.4, 0.5) is 3.89 Å². The van der Waals surface area contributed by atoms with Gasteiger partial charge in [-0.15, -0.1) is 3.89 Å². The van der Waals surface area contributed by atoms with Gasteiger partial charge >= 0.3 is 16.2 Å². The number of halogens is 1. The van der Waals surface area contributed by atoms with Crippen molar-refractivity contribution >= 4 is 33.0 Å². The Balaban J connectivity index is 2.41. The fraction of sp³-hybridized carbons (Fsp3) is 0.0714. The average Bonchev–Trinajstić information content (AvgIpc) is 2.42. The quantitative estimate of drug-likeness (QED) is 0.645. The van der Waals surface area contributed by atoms with Crippen LogP contribution in [0.5, 0.6) is 0 Å². The number of carbonyl (C=O) groups excluding carboxylic acids is 1. The number of methoxy groups -OCH3 is 1. The summed E-state index contributed by atoms with van der Waals surface area (Å²) in [6.45, 7) is 0. The maximum atomic E-state index is 12.4. The fourth-order valence-electron chi connectivity index (χ4n) is 1.77. The Morgan fingerprint density at radius 3 is 2.45 bits per heavy atom. The van der Waals surface area contributed by atoms with Crippen molar-refractivity contribution in [2.45, 2.75) is 0 Å². The summed E-state index contributed by atoms with van der Waals surface area (Å²) in [4.78, 5) is 11.4. The van der Waals surface area contributed by atoms with E-state index in [0.717, 1.165) is 10.8 Å². The summed E-state index contributed by atoms with van der Waals surface area (Å²) in [5.74, 6) is -0.431. The van der Waals surface area contributed by atoms with Crippen molar-refractivity contribution in [3.8, 4) is 0 Å². The molecule has 0 aliphatic rings. The Labute approximate surface area is 115 Å². The molecule has 0 atom stereocenters. The third kappa shape index (κ3) is 3.42. The van der Waals surface area contributed by atoms with E-state index in [9.17, 15) is 17.1 Å². The molecule has 0 bridgehead atoms. The maximum absolute atomic E-state index is 12.4. The van der Waals surface area contributed by atoms with Gasteiger partial charge in [-0.05, 0) is 40.6 Å². The molecule has 2 aromatic rings. The zero-order chi connectivity index (χ0) is 14.8. The summed E-state index contributed by atoms with van der Waals surface area (Å²) in [6.07, 6.45) is 1.17. The summed E-state index contributed by atoms with van der Waals surface area (Å²) in [7, 11) is -3.34. The first-order valence-electron chi connectivity index (χ1n) is 5.64. The van der Waals surface area contributed by atoms with Gasteiger partial charge in [0, 0.05) is 0 Å². The highest BCUT2D eigenvalue weighted by atomic mass is 32.3. The Hall–Kier alpha value is -2.21. The summed E-state index contributed by atoms with van der Waals surface area (Å²) in [5.41, 5.74) is 0.971. The van der Waals surface area contributed by atoms with Crippen LogP contribution in [0.3, 0.4) is 0 Å². The van der Waals surface area contributed by atoms with E-state index in [1.807, 2.05) is 0 Å². The third-order valence-electron chi connectivity index (χ3n) is 2.71. The van der Waals surface area contributed by atoms with Crippen LogP contribution in [-0.4, -0.2) is 21.5 Å². The van der Waals surface area contributed by atoms with Gasteiger partial charge in [0.15, 0.2) is 0 Å². The molecule has 0 fully saturated rings. The smallest absolute Gasteiger partial charge is 0.337 e. The molecule has 0 saturated heterocycles. The predicted molar refractivity (Wildman–Crippen MR) is 74.3 cm³/mol. The lowest BCUT2D eigenvalue weighted by atomic mass is 10.0. The van der Waals surface area contributed by atoms with Gasteiger partial charge in [-0.25, -0.2) is 4.79 Å². The summed E-state index contributed by atoms with van der Waals surface area (Å²) >= 11 is 0. The molecule has 20 heavy (non-hydrogen) atoms. The van der Waals surface area contributed by atoms with Crippen molar-refractivity contribution < 1.29 is 21.8 Å². The van der Waals surface area contributed by atoms with Crippen molar-refractivity contribution in [1.29, 1.82) is 0 Å². The highest BCUT2D eigenvalue weighted by molar-refractivity contribution is 7.89. The summed E-state index contributed by atoms with van der Waals surface area (Å²) in [5, 5.41) is 2.10. The number of rotatable bonds is 3. The van der Waals surface area contributed by atoms with Crippen molar-refractivity contribution in [3.63, 3.8) is 0 Å². The van der Waals surface area contributed by atoms with Crippen LogP contribution >= 0.6 is 0 Å². The van der Waals surface area contributed by atoms with Gasteiger partial charge in [0.05, 0.1) is 18.1 Å². The molecule has 0 aromatic heterocycles. The lowest BCUT2D eigenvalue weighted by Gasteiger charge is -2.03. The Kier molecular flexibility index (Phi) is 3.85. The van der Waals surface area contributed by atoms with Crippen molar-refractivity contribution in [1.82, 2.24) is 0 Å². The normalized spacial score (nSPS) is 11.9. The highest BCUT2D eigenvalue weighted by Crippen LogP contribution is 2.19. The summed E-state index contributed by atoms with van der Waals surface area (Å²) < 4.78 is 37.9. The molecular weight excluding hydrogens is 283 g/mol. The van der Waals surface area contributed by atoms with Gasteiger partial charge < -0.3 is 4.74 Å². The van der Waals surface area contributed by atoms with E-state index >= 15 is 0 Å². The van der Waals surface area contributed by atoms with Gasteiger partial charge in [0.25, 0.3) is 0 Å². The van der Waals surface area contributed by atoms with Crippen molar-refractivity contribution in [3.05, 3.63) is 52.9 Å². The maximum Gasteiger partial charge on any atom is 0.337 e. The molecule has 0 amide bonds.